The van der Waals surface area contributed by atoms with Gasteiger partial charge in [0, 0.05) is 18.7 Å². The van der Waals surface area contributed by atoms with Gasteiger partial charge in [0.2, 0.25) is 0 Å². The highest BCUT2D eigenvalue weighted by molar-refractivity contribution is 4.84. The maximum Gasteiger partial charge on any atom is 0.0589 e. The Labute approximate surface area is 100 Å². The standard InChI is InChI=1S/C14H27NO/c1-3-5-14-10-13(8-9-16-14)15-11(2)12-6-4-7-12/h11-15H,3-10H2,1-2H3. The van der Waals surface area contributed by atoms with E-state index in [2.05, 4.69) is 19.2 Å². The third-order valence-electron chi connectivity index (χ3n) is 4.33. The normalized spacial score (nSPS) is 33.4. The summed E-state index contributed by atoms with van der Waals surface area (Å²) in [5.74, 6) is 0.951. The first-order valence-corrected chi connectivity index (χ1v) is 7.17. The van der Waals surface area contributed by atoms with Crippen molar-refractivity contribution in [1.82, 2.24) is 5.32 Å². The fourth-order valence-corrected chi connectivity index (χ4v) is 3.00. The van der Waals surface area contributed by atoms with Crippen molar-refractivity contribution in [2.45, 2.75) is 77.0 Å². The van der Waals surface area contributed by atoms with E-state index in [1.54, 1.807) is 0 Å². The lowest BCUT2D eigenvalue weighted by molar-refractivity contribution is -0.00689. The van der Waals surface area contributed by atoms with Crippen LogP contribution in [0.4, 0.5) is 0 Å². The summed E-state index contributed by atoms with van der Waals surface area (Å²) in [6.45, 7) is 5.57. The highest BCUT2D eigenvalue weighted by atomic mass is 16.5. The van der Waals surface area contributed by atoms with Crippen molar-refractivity contribution in [2.24, 2.45) is 5.92 Å². The summed E-state index contributed by atoms with van der Waals surface area (Å²) in [4.78, 5) is 0. The monoisotopic (exact) mass is 225 g/mol. The van der Waals surface area contributed by atoms with E-state index >= 15 is 0 Å². The van der Waals surface area contributed by atoms with Gasteiger partial charge in [-0.1, -0.05) is 19.8 Å². The van der Waals surface area contributed by atoms with E-state index in [1.807, 2.05) is 0 Å². The Hall–Kier alpha value is -0.0800. The number of nitrogens with one attached hydrogen (secondary N) is 1. The predicted molar refractivity (Wildman–Crippen MR) is 67.6 cm³/mol. The maximum absolute atomic E-state index is 5.79. The van der Waals surface area contributed by atoms with E-state index in [-0.39, 0.29) is 0 Å². The Morgan fingerprint density at radius 2 is 2.12 bits per heavy atom. The van der Waals surface area contributed by atoms with Gasteiger partial charge in [0.15, 0.2) is 0 Å². The van der Waals surface area contributed by atoms with Gasteiger partial charge in [0.05, 0.1) is 6.10 Å². The summed E-state index contributed by atoms with van der Waals surface area (Å²) in [7, 11) is 0. The lowest BCUT2D eigenvalue weighted by Gasteiger charge is -2.37. The van der Waals surface area contributed by atoms with Gasteiger partial charge in [-0.15, -0.1) is 0 Å². The first-order valence-electron chi connectivity index (χ1n) is 7.17. The molecule has 2 fully saturated rings. The molecule has 1 saturated carbocycles. The molecule has 1 N–H and O–H groups in total. The molecule has 0 aromatic heterocycles. The fraction of sp³-hybridized carbons (Fsp3) is 1.00. The number of ether oxygens (including phenoxy) is 1. The van der Waals surface area contributed by atoms with E-state index in [9.17, 15) is 0 Å². The molecule has 1 aliphatic heterocycles. The molecular formula is C14H27NO. The second kappa shape index (κ2) is 6.02. The van der Waals surface area contributed by atoms with Crippen LogP contribution in [-0.4, -0.2) is 24.8 Å². The third-order valence-corrected chi connectivity index (χ3v) is 4.33. The third kappa shape index (κ3) is 3.21. The smallest absolute Gasteiger partial charge is 0.0589 e. The molecule has 0 aromatic carbocycles. The quantitative estimate of drug-likeness (QED) is 0.776. The summed E-state index contributed by atoms with van der Waals surface area (Å²) in [6, 6.07) is 1.43. The van der Waals surface area contributed by atoms with Crippen molar-refractivity contribution < 1.29 is 4.74 Å². The molecule has 0 spiro atoms. The first kappa shape index (κ1) is 12.4. The molecule has 0 aromatic rings. The van der Waals surface area contributed by atoms with Gasteiger partial charge in [-0.2, -0.15) is 0 Å². The van der Waals surface area contributed by atoms with Crippen molar-refractivity contribution in [3.63, 3.8) is 0 Å². The van der Waals surface area contributed by atoms with E-state index in [0.29, 0.717) is 12.1 Å². The first-order chi connectivity index (χ1) is 7.79. The molecule has 3 unspecified atom stereocenters. The van der Waals surface area contributed by atoms with Crippen LogP contribution >= 0.6 is 0 Å². The van der Waals surface area contributed by atoms with Crippen molar-refractivity contribution in [3.05, 3.63) is 0 Å². The molecule has 1 saturated heterocycles. The van der Waals surface area contributed by atoms with E-state index in [0.717, 1.165) is 18.6 Å². The maximum atomic E-state index is 5.79. The molecule has 16 heavy (non-hydrogen) atoms. The van der Waals surface area contributed by atoms with Crippen LogP contribution in [0.2, 0.25) is 0 Å². The molecule has 2 nitrogen and oxygen atoms in total. The second-order valence-corrected chi connectivity index (χ2v) is 5.65. The number of rotatable bonds is 5. The van der Waals surface area contributed by atoms with Crippen LogP contribution in [0.3, 0.4) is 0 Å². The van der Waals surface area contributed by atoms with Crippen molar-refractivity contribution in [3.8, 4) is 0 Å². The molecule has 2 aliphatic rings. The van der Waals surface area contributed by atoms with Crippen molar-refractivity contribution >= 4 is 0 Å². The van der Waals surface area contributed by atoms with E-state index < -0.39 is 0 Å². The van der Waals surface area contributed by atoms with E-state index in [1.165, 1.54) is 44.9 Å². The molecule has 1 aliphatic carbocycles. The Morgan fingerprint density at radius 1 is 1.31 bits per heavy atom. The second-order valence-electron chi connectivity index (χ2n) is 5.65. The Balaban J connectivity index is 1.71. The lowest BCUT2D eigenvalue weighted by atomic mass is 9.80. The number of hydrogen-bond donors (Lipinski definition) is 1. The number of hydrogen-bond acceptors (Lipinski definition) is 2. The molecule has 2 rings (SSSR count). The lowest BCUT2D eigenvalue weighted by Crippen LogP contribution is -2.47. The highest BCUT2D eigenvalue weighted by Crippen LogP contribution is 2.30. The van der Waals surface area contributed by atoms with Crippen LogP contribution in [0.25, 0.3) is 0 Å². The molecular weight excluding hydrogens is 198 g/mol. The SMILES string of the molecule is CCCC1CC(NC(C)C2CCC2)CCO1. The van der Waals surface area contributed by atoms with Gasteiger partial charge >= 0.3 is 0 Å². The zero-order chi connectivity index (χ0) is 11.4. The van der Waals surface area contributed by atoms with Gasteiger partial charge in [0.25, 0.3) is 0 Å². The molecule has 2 heteroatoms. The van der Waals surface area contributed by atoms with Crippen LogP contribution in [0.5, 0.6) is 0 Å². The molecule has 94 valence electrons. The molecule has 0 amide bonds. The minimum absolute atomic E-state index is 0.518. The van der Waals surface area contributed by atoms with Crippen LogP contribution in [0, 0.1) is 5.92 Å². The molecule has 3 atom stereocenters. The van der Waals surface area contributed by atoms with Gasteiger partial charge in [-0.3, -0.25) is 0 Å². The van der Waals surface area contributed by atoms with Crippen LogP contribution < -0.4 is 5.32 Å². The van der Waals surface area contributed by atoms with Gasteiger partial charge < -0.3 is 10.1 Å². The van der Waals surface area contributed by atoms with Gasteiger partial charge in [0.1, 0.15) is 0 Å². The summed E-state index contributed by atoms with van der Waals surface area (Å²) in [6.07, 6.45) is 9.76. The Bertz CT molecular complexity index is 201. The zero-order valence-corrected chi connectivity index (χ0v) is 10.9. The minimum atomic E-state index is 0.518. The average Bonchev–Trinajstić information content (AvgIpc) is 2.15. The fourth-order valence-electron chi connectivity index (χ4n) is 3.00. The molecule has 0 bridgehead atoms. The summed E-state index contributed by atoms with van der Waals surface area (Å²) in [5.41, 5.74) is 0. The van der Waals surface area contributed by atoms with Crippen molar-refractivity contribution in [2.75, 3.05) is 6.61 Å². The van der Waals surface area contributed by atoms with Gasteiger partial charge in [-0.25, -0.2) is 0 Å². The van der Waals surface area contributed by atoms with Gasteiger partial charge in [-0.05, 0) is 44.9 Å². The predicted octanol–water partition coefficient (Wildman–Crippen LogP) is 3.11. The van der Waals surface area contributed by atoms with Crippen LogP contribution in [0.1, 0.15) is 58.8 Å². The zero-order valence-electron chi connectivity index (χ0n) is 10.9. The topological polar surface area (TPSA) is 21.3 Å². The average molecular weight is 225 g/mol. The van der Waals surface area contributed by atoms with E-state index in [4.69, 9.17) is 4.74 Å². The van der Waals surface area contributed by atoms with Crippen LogP contribution in [0.15, 0.2) is 0 Å². The highest BCUT2D eigenvalue weighted by Gasteiger charge is 2.28. The summed E-state index contributed by atoms with van der Waals surface area (Å²) >= 11 is 0. The summed E-state index contributed by atoms with van der Waals surface area (Å²) in [5, 5.41) is 3.83. The Kier molecular flexibility index (Phi) is 4.66. The Morgan fingerprint density at radius 3 is 2.75 bits per heavy atom. The van der Waals surface area contributed by atoms with Crippen molar-refractivity contribution in [1.29, 1.82) is 0 Å². The molecule has 1 heterocycles. The molecule has 0 radical (unpaired) electrons. The minimum Gasteiger partial charge on any atom is -0.378 e. The largest absolute Gasteiger partial charge is 0.378 e. The van der Waals surface area contributed by atoms with Crippen LogP contribution in [-0.2, 0) is 4.74 Å². The summed E-state index contributed by atoms with van der Waals surface area (Å²) < 4.78 is 5.79.